The summed E-state index contributed by atoms with van der Waals surface area (Å²) in [7, 11) is 1.64. The van der Waals surface area contributed by atoms with E-state index in [-0.39, 0.29) is 11.9 Å². The van der Waals surface area contributed by atoms with E-state index in [1.54, 1.807) is 7.11 Å². The largest absolute Gasteiger partial charge is 0.497 e. The number of amides is 1. The number of carbonyl (C=O) groups is 1. The van der Waals surface area contributed by atoms with Gasteiger partial charge >= 0.3 is 0 Å². The van der Waals surface area contributed by atoms with Crippen molar-refractivity contribution in [3.05, 3.63) is 47.9 Å². The summed E-state index contributed by atoms with van der Waals surface area (Å²) in [4.78, 5) is 18.2. The van der Waals surface area contributed by atoms with Crippen LogP contribution in [-0.2, 0) is 6.54 Å². The SMILES string of the molecule is COc1ccc2cc(C(=O)N3CCC[C@H]3Cn3cc(C)cn3)[nH]c2c1. The number of benzene rings is 1. The summed E-state index contributed by atoms with van der Waals surface area (Å²) in [6.07, 6.45) is 5.92. The van der Waals surface area contributed by atoms with Crippen molar-refractivity contribution in [1.82, 2.24) is 19.7 Å². The van der Waals surface area contributed by atoms with Gasteiger partial charge in [-0.2, -0.15) is 5.10 Å². The van der Waals surface area contributed by atoms with Crippen molar-refractivity contribution in [2.45, 2.75) is 32.4 Å². The Morgan fingerprint density at radius 3 is 3.04 bits per heavy atom. The highest BCUT2D eigenvalue weighted by Gasteiger charge is 2.30. The lowest BCUT2D eigenvalue weighted by Gasteiger charge is -2.24. The van der Waals surface area contributed by atoms with Crippen molar-refractivity contribution in [2.75, 3.05) is 13.7 Å². The summed E-state index contributed by atoms with van der Waals surface area (Å²) in [5.41, 5.74) is 2.69. The number of nitrogens with one attached hydrogen (secondary N) is 1. The van der Waals surface area contributed by atoms with Crippen LogP contribution < -0.4 is 4.74 Å². The van der Waals surface area contributed by atoms with Crippen molar-refractivity contribution in [3.8, 4) is 5.75 Å². The molecule has 1 atom stereocenters. The Labute approximate surface area is 146 Å². The molecule has 1 aliphatic rings. The standard InChI is InChI=1S/C19H22N4O2/c1-13-10-20-22(11-13)12-15-4-3-7-23(15)19(24)18-8-14-5-6-16(25-2)9-17(14)21-18/h5-6,8-11,15,21H,3-4,7,12H2,1-2H3/t15-/m0/s1. The molecule has 1 aliphatic heterocycles. The van der Waals surface area contributed by atoms with E-state index in [2.05, 4.69) is 10.1 Å². The number of hydrogen-bond donors (Lipinski definition) is 1. The molecule has 2 aromatic heterocycles. The number of nitrogens with zero attached hydrogens (tertiary/aromatic N) is 3. The Morgan fingerprint density at radius 2 is 2.28 bits per heavy atom. The molecule has 0 bridgehead atoms. The van der Waals surface area contributed by atoms with Gasteiger partial charge in [-0.15, -0.1) is 0 Å². The Bertz CT molecular complexity index is 911. The van der Waals surface area contributed by atoms with Gasteiger partial charge in [0, 0.05) is 29.7 Å². The van der Waals surface area contributed by atoms with Gasteiger partial charge in [0.1, 0.15) is 11.4 Å². The molecule has 6 nitrogen and oxygen atoms in total. The van der Waals surface area contributed by atoms with Crippen LogP contribution in [-0.4, -0.2) is 45.3 Å². The normalized spacial score (nSPS) is 17.4. The molecule has 3 aromatic rings. The van der Waals surface area contributed by atoms with Crippen LogP contribution in [0.4, 0.5) is 0 Å². The lowest BCUT2D eigenvalue weighted by atomic mass is 10.2. The molecule has 3 heterocycles. The van der Waals surface area contributed by atoms with E-state index in [0.717, 1.165) is 48.1 Å². The number of aryl methyl sites for hydroxylation is 1. The fourth-order valence-electron chi connectivity index (χ4n) is 3.58. The van der Waals surface area contributed by atoms with Crippen molar-refractivity contribution < 1.29 is 9.53 Å². The number of H-pyrrole nitrogens is 1. The summed E-state index contributed by atoms with van der Waals surface area (Å²) >= 11 is 0. The number of likely N-dealkylation sites (tertiary alicyclic amines) is 1. The number of hydrogen-bond acceptors (Lipinski definition) is 3. The van der Waals surface area contributed by atoms with Gasteiger partial charge in [0.15, 0.2) is 0 Å². The van der Waals surface area contributed by atoms with Gasteiger partial charge in [-0.3, -0.25) is 9.48 Å². The van der Waals surface area contributed by atoms with Crippen molar-refractivity contribution in [2.24, 2.45) is 0 Å². The highest BCUT2D eigenvalue weighted by molar-refractivity contribution is 5.98. The molecule has 1 saturated heterocycles. The van der Waals surface area contributed by atoms with Crippen LogP contribution in [0, 0.1) is 6.92 Å². The van der Waals surface area contributed by atoms with Gasteiger partial charge in [0.2, 0.25) is 0 Å². The summed E-state index contributed by atoms with van der Waals surface area (Å²) in [6.45, 7) is 3.57. The maximum atomic E-state index is 13.0. The molecule has 1 N–H and O–H groups in total. The fraction of sp³-hybridized carbons (Fsp3) is 0.368. The lowest BCUT2D eigenvalue weighted by Crippen LogP contribution is -2.38. The Hall–Kier alpha value is -2.76. The minimum absolute atomic E-state index is 0.0570. The van der Waals surface area contributed by atoms with Crippen LogP contribution >= 0.6 is 0 Å². The van der Waals surface area contributed by atoms with E-state index in [0.29, 0.717) is 5.69 Å². The van der Waals surface area contributed by atoms with Crippen molar-refractivity contribution in [1.29, 1.82) is 0 Å². The van der Waals surface area contributed by atoms with Crippen molar-refractivity contribution >= 4 is 16.8 Å². The third kappa shape index (κ3) is 2.99. The summed E-state index contributed by atoms with van der Waals surface area (Å²) < 4.78 is 7.18. The van der Waals surface area contributed by atoms with Crippen LogP contribution in [0.15, 0.2) is 36.7 Å². The number of ether oxygens (including phenoxy) is 1. The highest BCUT2D eigenvalue weighted by Crippen LogP contribution is 2.25. The van der Waals surface area contributed by atoms with Gasteiger partial charge < -0.3 is 14.6 Å². The molecule has 0 radical (unpaired) electrons. The predicted octanol–water partition coefficient (Wildman–Crippen LogP) is 2.99. The molecule has 4 rings (SSSR count). The molecule has 0 aliphatic carbocycles. The summed E-state index contributed by atoms with van der Waals surface area (Å²) in [6, 6.07) is 7.90. The molecule has 0 spiro atoms. The Balaban J connectivity index is 1.56. The van der Waals surface area contributed by atoms with Gasteiger partial charge in [0.25, 0.3) is 5.91 Å². The number of aromatic nitrogens is 3. The molecular weight excluding hydrogens is 316 g/mol. The maximum absolute atomic E-state index is 13.0. The molecule has 1 fully saturated rings. The number of fused-ring (bicyclic) bond motifs is 1. The first-order valence-electron chi connectivity index (χ1n) is 8.61. The Morgan fingerprint density at radius 1 is 1.40 bits per heavy atom. The molecule has 25 heavy (non-hydrogen) atoms. The van der Waals surface area contributed by atoms with E-state index in [1.165, 1.54) is 0 Å². The van der Waals surface area contributed by atoms with Crippen LogP contribution in [0.5, 0.6) is 5.75 Å². The average molecular weight is 338 g/mol. The van der Waals surface area contributed by atoms with E-state index in [1.807, 2.05) is 53.2 Å². The molecule has 130 valence electrons. The van der Waals surface area contributed by atoms with Crippen LogP contribution in [0.2, 0.25) is 0 Å². The van der Waals surface area contributed by atoms with E-state index in [9.17, 15) is 4.79 Å². The van der Waals surface area contributed by atoms with Crippen LogP contribution in [0.3, 0.4) is 0 Å². The Kier molecular flexibility index (Phi) is 3.95. The topological polar surface area (TPSA) is 63.1 Å². The molecule has 0 saturated carbocycles. The maximum Gasteiger partial charge on any atom is 0.270 e. The van der Waals surface area contributed by atoms with E-state index >= 15 is 0 Å². The van der Waals surface area contributed by atoms with Gasteiger partial charge in [-0.25, -0.2) is 0 Å². The first-order chi connectivity index (χ1) is 12.1. The second-order valence-corrected chi connectivity index (χ2v) is 6.67. The second kappa shape index (κ2) is 6.27. The fourth-order valence-corrected chi connectivity index (χ4v) is 3.58. The molecule has 0 unspecified atom stereocenters. The molecule has 6 heteroatoms. The van der Waals surface area contributed by atoms with Gasteiger partial charge in [0.05, 0.1) is 25.9 Å². The van der Waals surface area contributed by atoms with Crippen LogP contribution in [0.25, 0.3) is 10.9 Å². The number of methoxy groups -OCH3 is 1. The monoisotopic (exact) mass is 338 g/mol. The predicted molar refractivity (Wildman–Crippen MR) is 95.9 cm³/mol. The smallest absolute Gasteiger partial charge is 0.270 e. The average Bonchev–Trinajstić information content (AvgIpc) is 3.33. The molecule has 1 aromatic carbocycles. The van der Waals surface area contributed by atoms with E-state index < -0.39 is 0 Å². The number of carbonyl (C=O) groups excluding carboxylic acids is 1. The quantitative estimate of drug-likeness (QED) is 0.795. The highest BCUT2D eigenvalue weighted by atomic mass is 16.5. The number of rotatable bonds is 4. The van der Waals surface area contributed by atoms with Gasteiger partial charge in [-0.05, 0) is 43.5 Å². The summed E-state index contributed by atoms with van der Waals surface area (Å²) in [5.74, 6) is 0.836. The molecule has 1 amide bonds. The summed E-state index contributed by atoms with van der Waals surface area (Å²) in [5, 5.41) is 5.37. The van der Waals surface area contributed by atoms with Gasteiger partial charge in [-0.1, -0.05) is 0 Å². The van der Waals surface area contributed by atoms with Crippen LogP contribution in [0.1, 0.15) is 28.9 Å². The lowest BCUT2D eigenvalue weighted by molar-refractivity contribution is 0.0716. The molecular formula is C19H22N4O2. The first kappa shape index (κ1) is 15.7. The minimum Gasteiger partial charge on any atom is -0.497 e. The first-order valence-corrected chi connectivity index (χ1v) is 8.61. The van der Waals surface area contributed by atoms with E-state index in [4.69, 9.17) is 4.74 Å². The second-order valence-electron chi connectivity index (χ2n) is 6.67. The number of aromatic amines is 1. The third-order valence-electron chi connectivity index (χ3n) is 4.86. The third-order valence-corrected chi connectivity index (χ3v) is 4.86. The zero-order chi connectivity index (χ0) is 17.4. The zero-order valence-corrected chi connectivity index (χ0v) is 14.5. The minimum atomic E-state index is 0.0570. The van der Waals surface area contributed by atoms with Crippen molar-refractivity contribution in [3.63, 3.8) is 0 Å². The zero-order valence-electron chi connectivity index (χ0n) is 14.5.